The van der Waals surface area contributed by atoms with Gasteiger partial charge in [0.2, 0.25) is 0 Å². The number of ether oxygens (including phenoxy) is 1. The molecule has 102 valence electrons. The van der Waals surface area contributed by atoms with E-state index < -0.39 is 6.10 Å². The molecule has 2 aliphatic rings. The van der Waals surface area contributed by atoms with Gasteiger partial charge in [-0.05, 0) is 30.4 Å². The van der Waals surface area contributed by atoms with Crippen molar-refractivity contribution < 1.29 is 9.53 Å². The first kappa shape index (κ1) is 12.6. The molecule has 0 bridgehead atoms. The maximum absolute atomic E-state index is 12.6. The summed E-state index contributed by atoms with van der Waals surface area (Å²) in [5.74, 6) is 0.0963. The number of hydrogen-bond donors (Lipinski definition) is 1. The highest BCUT2D eigenvalue weighted by atomic mass is 16.5. The minimum absolute atomic E-state index is 0.0963. The Bertz CT molecular complexity index is 467. The summed E-state index contributed by atoms with van der Waals surface area (Å²) >= 11 is 0. The summed E-state index contributed by atoms with van der Waals surface area (Å²) in [5.41, 5.74) is 8.16. The lowest BCUT2D eigenvalue weighted by Gasteiger charge is -2.34. The zero-order valence-electron chi connectivity index (χ0n) is 11.0. The van der Waals surface area contributed by atoms with Crippen LogP contribution in [0.25, 0.3) is 0 Å². The quantitative estimate of drug-likeness (QED) is 0.827. The van der Waals surface area contributed by atoms with Gasteiger partial charge in [0.25, 0.3) is 5.91 Å². The van der Waals surface area contributed by atoms with Crippen molar-refractivity contribution in [2.24, 2.45) is 5.73 Å². The first-order valence-electron chi connectivity index (χ1n) is 6.99. The van der Waals surface area contributed by atoms with Crippen molar-refractivity contribution in [3.8, 4) is 0 Å². The number of rotatable bonds is 1. The van der Waals surface area contributed by atoms with Crippen molar-refractivity contribution in [3.05, 3.63) is 35.4 Å². The molecular formula is C15H20N2O2. The summed E-state index contributed by atoms with van der Waals surface area (Å²) < 4.78 is 5.72. The van der Waals surface area contributed by atoms with E-state index in [1.54, 1.807) is 0 Å². The van der Waals surface area contributed by atoms with Crippen LogP contribution in [0.15, 0.2) is 24.3 Å². The Hall–Kier alpha value is -1.39. The summed E-state index contributed by atoms with van der Waals surface area (Å²) in [6, 6.07) is 8.33. The highest BCUT2D eigenvalue weighted by Gasteiger charge is 2.32. The molecule has 0 aromatic heterocycles. The van der Waals surface area contributed by atoms with Crippen molar-refractivity contribution in [1.29, 1.82) is 0 Å². The summed E-state index contributed by atoms with van der Waals surface area (Å²) in [4.78, 5) is 14.5. The van der Waals surface area contributed by atoms with Gasteiger partial charge in [-0.3, -0.25) is 4.79 Å². The van der Waals surface area contributed by atoms with Gasteiger partial charge in [0.1, 0.15) is 0 Å². The fourth-order valence-electron chi connectivity index (χ4n) is 2.88. The lowest BCUT2D eigenvalue weighted by atomic mass is 9.96. The van der Waals surface area contributed by atoms with Crippen LogP contribution in [-0.2, 0) is 16.0 Å². The van der Waals surface area contributed by atoms with Gasteiger partial charge in [0.15, 0.2) is 6.10 Å². The summed E-state index contributed by atoms with van der Waals surface area (Å²) in [5, 5.41) is 0. The number of carbonyl (C=O) groups excluding carboxylic acids is 1. The van der Waals surface area contributed by atoms with E-state index in [0.29, 0.717) is 6.61 Å². The molecule has 4 nitrogen and oxygen atoms in total. The molecule has 1 atom stereocenters. The lowest BCUT2D eigenvalue weighted by molar-refractivity contribution is -0.146. The lowest BCUT2D eigenvalue weighted by Crippen LogP contribution is -2.45. The Kier molecular flexibility index (Phi) is 3.53. The molecule has 1 unspecified atom stereocenters. The third kappa shape index (κ3) is 2.51. The van der Waals surface area contributed by atoms with Crippen LogP contribution in [0, 0.1) is 0 Å². The molecule has 19 heavy (non-hydrogen) atoms. The van der Waals surface area contributed by atoms with Crippen LogP contribution < -0.4 is 5.73 Å². The summed E-state index contributed by atoms with van der Waals surface area (Å²) in [6.07, 6.45) is 2.25. The van der Waals surface area contributed by atoms with Crippen molar-refractivity contribution in [3.63, 3.8) is 0 Å². The van der Waals surface area contributed by atoms with Crippen LogP contribution in [0.3, 0.4) is 0 Å². The van der Waals surface area contributed by atoms with Crippen molar-refractivity contribution in [1.82, 2.24) is 4.90 Å². The molecule has 2 heterocycles. The molecule has 0 aliphatic carbocycles. The van der Waals surface area contributed by atoms with E-state index in [-0.39, 0.29) is 11.9 Å². The molecule has 1 aromatic rings. The standard InChI is InChI=1S/C15H20N2O2/c16-12-5-8-17(9-6-12)15(18)14-13-4-2-1-3-11(13)7-10-19-14/h1-4,12,14H,5-10,16H2. The van der Waals surface area contributed by atoms with Gasteiger partial charge in [-0.2, -0.15) is 0 Å². The maximum atomic E-state index is 12.6. The van der Waals surface area contributed by atoms with Gasteiger partial charge in [-0.1, -0.05) is 24.3 Å². The molecule has 1 saturated heterocycles. The molecule has 0 radical (unpaired) electrons. The molecule has 2 aliphatic heterocycles. The minimum atomic E-state index is -0.417. The number of amides is 1. The predicted octanol–water partition coefficient (Wildman–Crippen LogP) is 1.25. The number of likely N-dealkylation sites (tertiary alicyclic amines) is 1. The SMILES string of the molecule is NC1CCN(C(=O)C2OCCc3ccccc32)CC1. The predicted molar refractivity (Wildman–Crippen MR) is 72.6 cm³/mol. The number of nitrogens with zero attached hydrogens (tertiary/aromatic N) is 1. The van der Waals surface area contributed by atoms with Crippen LogP contribution in [0.1, 0.15) is 30.1 Å². The molecule has 1 fully saturated rings. The molecule has 4 heteroatoms. The highest BCUT2D eigenvalue weighted by molar-refractivity contribution is 5.83. The number of fused-ring (bicyclic) bond motifs is 1. The summed E-state index contributed by atoms with van der Waals surface area (Å²) in [6.45, 7) is 2.13. The topological polar surface area (TPSA) is 55.6 Å². The molecule has 0 saturated carbocycles. The fraction of sp³-hybridized carbons (Fsp3) is 0.533. The Morgan fingerprint density at radius 2 is 2.00 bits per heavy atom. The fourth-order valence-corrected chi connectivity index (χ4v) is 2.88. The number of carbonyl (C=O) groups is 1. The van der Waals surface area contributed by atoms with Gasteiger partial charge in [0, 0.05) is 19.1 Å². The first-order valence-corrected chi connectivity index (χ1v) is 6.99. The zero-order chi connectivity index (χ0) is 13.2. The minimum Gasteiger partial charge on any atom is -0.363 e. The summed E-state index contributed by atoms with van der Waals surface area (Å²) in [7, 11) is 0. The van der Waals surface area contributed by atoms with Crippen molar-refractivity contribution >= 4 is 5.91 Å². The third-order valence-corrected chi connectivity index (χ3v) is 4.07. The van der Waals surface area contributed by atoms with Crippen LogP contribution in [0.4, 0.5) is 0 Å². The van der Waals surface area contributed by atoms with E-state index in [1.165, 1.54) is 5.56 Å². The van der Waals surface area contributed by atoms with E-state index in [9.17, 15) is 4.79 Å². The van der Waals surface area contributed by atoms with Gasteiger partial charge in [0.05, 0.1) is 6.61 Å². The van der Waals surface area contributed by atoms with E-state index in [0.717, 1.165) is 37.9 Å². The molecule has 1 aromatic carbocycles. The van der Waals surface area contributed by atoms with Gasteiger partial charge in [-0.15, -0.1) is 0 Å². The smallest absolute Gasteiger partial charge is 0.256 e. The van der Waals surface area contributed by atoms with Crippen LogP contribution >= 0.6 is 0 Å². The second-order valence-corrected chi connectivity index (χ2v) is 5.36. The number of hydrogen-bond acceptors (Lipinski definition) is 3. The second-order valence-electron chi connectivity index (χ2n) is 5.36. The van der Waals surface area contributed by atoms with E-state index in [1.807, 2.05) is 23.1 Å². The van der Waals surface area contributed by atoms with Gasteiger partial charge < -0.3 is 15.4 Å². The Balaban J connectivity index is 1.78. The Labute approximate surface area is 113 Å². The number of nitrogens with two attached hydrogens (primary N) is 1. The van der Waals surface area contributed by atoms with E-state index in [2.05, 4.69) is 6.07 Å². The number of piperidine rings is 1. The largest absolute Gasteiger partial charge is 0.363 e. The average molecular weight is 260 g/mol. The monoisotopic (exact) mass is 260 g/mol. The van der Waals surface area contributed by atoms with E-state index >= 15 is 0 Å². The van der Waals surface area contributed by atoms with Crippen LogP contribution in [-0.4, -0.2) is 36.5 Å². The Morgan fingerprint density at radius 1 is 1.26 bits per heavy atom. The van der Waals surface area contributed by atoms with Crippen LogP contribution in [0.2, 0.25) is 0 Å². The van der Waals surface area contributed by atoms with Crippen LogP contribution in [0.5, 0.6) is 0 Å². The van der Waals surface area contributed by atoms with E-state index in [4.69, 9.17) is 10.5 Å². The first-order chi connectivity index (χ1) is 9.25. The van der Waals surface area contributed by atoms with Gasteiger partial charge >= 0.3 is 0 Å². The molecule has 3 rings (SSSR count). The normalized spacial score (nSPS) is 24.1. The third-order valence-electron chi connectivity index (χ3n) is 4.07. The molecule has 1 amide bonds. The van der Waals surface area contributed by atoms with Crippen molar-refractivity contribution in [2.75, 3.05) is 19.7 Å². The second kappa shape index (κ2) is 5.31. The Morgan fingerprint density at radius 3 is 2.79 bits per heavy atom. The molecule has 0 spiro atoms. The molecular weight excluding hydrogens is 240 g/mol. The van der Waals surface area contributed by atoms with Crippen molar-refractivity contribution in [2.45, 2.75) is 31.4 Å². The van der Waals surface area contributed by atoms with Gasteiger partial charge in [-0.25, -0.2) is 0 Å². The highest BCUT2D eigenvalue weighted by Crippen LogP contribution is 2.29. The maximum Gasteiger partial charge on any atom is 0.256 e. The average Bonchev–Trinajstić information content (AvgIpc) is 2.47. The number of benzene rings is 1. The zero-order valence-corrected chi connectivity index (χ0v) is 11.0. The molecule has 2 N–H and O–H groups in total.